The van der Waals surface area contributed by atoms with Gasteiger partial charge in [-0.3, -0.25) is 14.5 Å². The van der Waals surface area contributed by atoms with Crippen molar-refractivity contribution in [1.29, 1.82) is 0 Å². The molecule has 1 amide bonds. The fraction of sp³-hybridized carbons (Fsp3) is 0.619. The summed E-state index contributed by atoms with van der Waals surface area (Å²) in [6.45, 7) is 10.2. The number of rotatable bonds is 9. The van der Waals surface area contributed by atoms with Crippen LogP contribution in [0, 0.1) is 0 Å². The van der Waals surface area contributed by atoms with Crippen LogP contribution in [0.15, 0.2) is 18.2 Å². The highest BCUT2D eigenvalue weighted by molar-refractivity contribution is 5.95. The molecule has 7 nitrogen and oxygen atoms in total. The molecule has 1 fully saturated rings. The van der Waals surface area contributed by atoms with Crippen LogP contribution in [0.1, 0.15) is 44.0 Å². The van der Waals surface area contributed by atoms with Crippen molar-refractivity contribution in [2.24, 2.45) is 0 Å². The molecule has 156 valence electrons. The molecule has 1 aliphatic heterocycles. The van der Waals surface area contributed by atoms with Gasteiger partial charge in [-0.2, -0.15) is 0 Å². The van der Waals surface area contributed by atoms with Crippen molar-refractivity contribution in [1.82, 2.24) is 9.80 Å². The van der Waals surface area contributed by atoms with Gasteiger partial charge in [-0.1, -0.05) is 6.92 Å². The molecule has 0 atom stereocenters. The lowest BCUT2D eigenvalue weighted by Gasteiger charge is -2.22. The highest BCUT2D eigenvalue weighted by atomic mass is 16.5. The minimum Gasteiger partial charge on any atom is -0.490 e. The molecular formula is C21H32N2O5. The number of amides is 1. The average molecular weight is 392 g/mol. The van der Waals surface area contributed by atoms with E-state index in [1.54, 1.807) is 25.1 Å². The van der Waals surface area contributed by atoms with Crippen molar-refractivity contribution >= 4 is 11.9 Å². The Bertz CT molecular complexity index is 650. The van der Waals surface area contributed by atoms with Gasteiger partial charge in [0.1, 0.15) is 0 Å². The molecule has 0 bridgehead atoms. The van der Waals surface area contributed by atoms with E-state index < -0.39 is 0 Å². The largest absolute Gasteiger partial charge is 0.490 e. The summed E-state index contributed by atoms with van der Waals surface area (Å²) in [5, 5.41) is 0. The molecule has 1 aromatic rings. The van der Waals surface area contributed by atoms with Crippen LogP contribution in [-0.2, 0) is 9.53 Å². The molecule has 0 aliphatic carbocycles. The number of nitrogens with zero attached hydrogens (tertiary/aromatic N) is 2. The molecule has 0 saturated carbocycles. The van der Waals surface area contributed by atoms with Gasteiger partial charge in [-0.05, 0) is 44.9 Å². The lowest BCUT2D eigenvalue weighted by atomic mass is 10.1. The van der Waals surface area contributed by atoms with E-state index in [2.05, 4.69) is 0 Å². The average Bonchev–Trinajstić information content (AvgIpc) is 2.92. The molecule has 0 aromatic heterocycles. The zero-order chi connectivity index (χ0) is 20.4. The van der Waals surface area contributed by atoms with Gasteiger partial charge in [0.2, 0.25) is 0 Å². The van der Waals surface area contributed by atoms with Crippen LogP contribution in [0.25, 0.3) is 0 Å². The Hall–Kier alpha value is -2.28. The van der Waals surface area contributed by atoms with E-state index in [4.69, 9.17) is 14.2 Å². The third-order valence-corrected chi connectivity index (χ3v) is 4.49. The van der Waals surface area contributed by atoms with Crippen LogP contribution in [-0.4, -0.2) is 74.2 Å². The Kier molecular flexibility index (Phi) is 9.07. The van der Waals surface area contributed by atoms with Crippen molar-refractivity contribution < 1.29 is 23.8 Å². The van der Waals surface area contributed by atoms with Crippen molar-refractivity contribution in [3.8, 4) is 11.5 Å². The summed E-state index contributed by atoms with van der Waals surface area (Å²) in [5.74, 6) is 1.02. The van der Waals surface area contributed by atoms with Crippen LogP contribution in [0.4, 0.5) is 0 Å². The van der Waals surface area contributed by atoms with Gasteiger partial charge in [-0.25, -0.2) is 0 Å². The first kappa shape index (κ1) is 22.0. The zero-order valence-electron chi connectivity index (χ0n) is 17.2. The van der Waals surface area contributed by atoms with E-state index in [9.17, 15) is 9.59 Å². The first-order valence-electron chi connectivity index (χ1n) is 10.2. The SMILES string of the molecule is CCCOc1ccc(C(=O)N2CCCN(CC(=O)OCC)CC2)cc1OCC. The topological polar surface area (TPSA) is 68.3 Å². The number of ether oxygens (including phenoxy) is 3. The van der Waals surface area contributed by atoms with Crippen LogP contribution in [0.5, 0.6) is 11.5 Å². The predicted molar refractivity (Wildman–Crippen MR) is 107 cm³/mol. The lowest BCUT2D eigenvalue weighted by Crippen LogP contribution is -2.37. The minimum absolute atomic E-state index is 0.0269. The van der Waals surface area contributed by atoms with Crippen molar-refractivity contribution in [3.05, 3.63) is 23.8 Å². The first-order valence-corrected chi connectivity index (χ1v) is 10.2. The number of carbonyl (C=O) groups is 2. The summed E-state index contributed by atoms with van der Waals surface area (Å²) in [6.07, 6.45) is 1.73. The molecule has 7 heteroatoms. The Morgan fingerprint density at radius 3 is 2.50 bits per heavy atom. The lowest BCUT2D eigenvalue weighted by molar-refractivity contribution is -0.144. The van der Waals surface area contributed by atoms with E-state index in [1.807, 2.05) is 23.6 Å². The van der Waals surface area contributed by atoms with E-state index in [-0.39, 0.29) is 18.4 Å². The zero-order valence-corrected chi connectivity index (χ0v) is 17.2. The van der Waals surface area contributed by atoms with Crippen LogP contribution in [0.2, 0.25) is 0 Å². The van der Waals surface area contributed by atoms with Gasteiger partial charge < -0.3 is 19.1 Å². The third-order valence-electron chi connectivity index (χ3n) is 4.49. The van der Waals surface area contributed by atoms with Crippen molar-refractivity contribution in [3.63, 3.8) is 0 Å². The highest BCUT2D eigenvalue weighted by Gasteiger charge is 2.22. The smallest absolute Gasteiger partial charge is 0.320 e. The van der Waals surface area contributed by atoms with E-state index in [1.165, 1.54) is 0 Å². The second-order valence-corrected chi connectivity index (χ2v) is 6.67. The molecule has 1 saturated heterocycles. The highest BCUT2D eigenvalue weighted by Crippen LogP contribution is 2.29. The molecule has 28 heavy (non-hydrogen) atoms. The molecular weight excluding hydrogens is 360 g/mol. The molecule has 0 radical (unpaired) electrons. The number of hydrogen-bond acceptors (Lipinski definition) is 6. The maximum absolute atomic E-state index is 13.0. The number of hydrogen-bond donors (Lipinski definition) is 0. The van der Waals surface area contributed by atoms with Crippen LogP contribution < -0.4 is 9.47 Å². The molecule has 0 spiro atoms. The maximum atomic E-state index is 13.0. The summed E-state index contributed by atoms with van der Waals surface area (Å²) < 4.78 is 16.4. The Morgan fingerprint density at radius 1 is 0.964 bits per heavy atom. The van der Waals surface area contributed by atoms with Crippen molar-refractivity contribution in [2.45, 2.75) is 33.6 Å². The quantitative estimate of drug-likeness (QED) is 0.602. The second kappa shape index (κ2) is 11.5. The summed E-state index contributed by atoms with van der Waals surface area (Å²) in [7, 11) is 0. The summed E-state index contributed by atoms with van der Waals surface area (Å²) in [6, 6.07) is 5.36. The van der Waals surface area contributed by atoms with Crippen LogP contribution >= 0.6 is 0 Å². The second-order valence-electron chi connectivity index (χ2n) is 6.67. The molecule has 0 unspecified atom stereocenters. The molecule has 1 aromatic carbocycles. The first-order chi connectivity index (χ1) is 13.6. The number of esters is 1. The van der Waals surface area contributed by atoms with Gasteiger partial charge in [-0.15, -0.1) is 0 Å². The third kappa shape index (κ3) is 6.41. The predicted octanol–water partition coefficient (Wildman–Crippen LogP) is 2.59. The standard InChI is InChI=1S/C21H32N2O5/c1-4-14-28-18-9-8-17(15-19(18)26-5-2)21(25)23-11-7-10-22(12-13-23)16-20(24)27-6-3/h8-9,15H,4-7,10-14,16H2,1-3H3. The van der Waals surface area contributed by atoms with Gasteiger partial charge in [0.25, 0.3) is 5.91 Å². The Labute approximate surface area is 167 Å². The van der Waals surface area contributed by atoms with Gasteiger partial charge in [0, 0.05) is 31.7 Å². The number of carbonyl (C=O) groups excluding carboxylic acids is 2. The minimum atomic E-state index is -0.216. The van der Waals surface area contributed by atoms with Crippen LogP contribution in [0.3, 0.4) is 0 Å². The van der Waals surface area contributed by atoms with E-state index in [0.717, 1.165) is 19.4 Å². The summed E-state index contributed by atoms with van der Waals surface area (Å²) >= 11 is 0. The van der Waals surface area contributed by atoms with Gasteiger partial charge >= 0.3 is 5.97 Å². The molecule has 0 N–H and O–H groups in total. The monoisotopic (exact) mass is 392 g/mol. The summed E-state index contributed by atoms with van der Waals surface area (Å²) in [5.41, 5.74) is 0.589. The Morgan fingerprint density at radius 2 is 1.79 bits per heavy atom. The maximum Gasteiger partial charge on any atom is 0.320 e. The molecule has 1 heterocycles. The summed E-state index contributed by atoms with van der Waals surface area (Å²) in [4.78, 5) is 28.6. The fourth-order valence-electron chi connectivity index (χ4n) is 3.14. The van der Waals surface area contributed by atoms with E-state index in [0.29, 0.717) is 56.5 Å². The molecule has 2 rings (SSSR count). The van der Waals surface area contributed by atoms with Gasteiger partial charge in [0.05, 0.1) is 26.4 Å². The van der Waals surface area contributed by atoms with Gasteiger partial charge in [0.15, 0.2) is 11.5 Å². The normalized spacial score (nSPS) is 15.0. The molecule has 1 aliphatic rings. The Balaban J connectivity index is 2.02. The van der Waals surface area contributed by atoms with E-state index >= 15 is 0 Å². The fourth-order valence-corrected chi connectivity index (χ4v) is 3.14. The van der Waals surface area contributed by atoms with Crippen molar-refractivity contribution in [2.75, 3.05) is 52.5 Å². The number of benzene rings is 1.